The van der Waals surface area contributed by atoms with Gasteiger partial charge in [0, 0.05) is 44.2 Å². The molecule has 4 atom stereocenters. The maximum absolute atomic E-state index is 12.7. The molecule has 136 valence electrons. The third kappa shape index (κ3) is 3.92. The fraction of sp³-hybridized carbons (Fsp3) is 0.765. The molecular weight excluding hydrogens is 328 g/mol. The van der Waals surface area contributed by atoms with Gasteiger partial charge >= 0.3 is 0 Å². The average molecular weight is 357 g/mol. The zero-order chi connectivity index (χ0) is 16.4. The van der Waals surface area contributed by atoms with Gasteiger partial charge in [-0.25, -0.2) is 0 Å². The number of hydrogen-bond donors (Lipinski definition) is 3. The maximum Gasteiger partial charge on any atom is 0.225 e. The molecule has 2 fully saturated rings. The number of aryl methyl sites for hydroxylation is 1. The lowest BCUT2D eigenvalue weighted by atomic mass is 9.73. The Bertz CT molecular complexity index is 565. The topological polar surface area (TPSA) is 79.2 Å². The van der Waals surface area contributed by atoms with E-state index in [1.807, 2.05) is 19.4 Å². The molecular formula is C17H29ClN4O2. The van der Waals surface area contributed by atoms with Crippen LogP contribution < -0.4 is 10.6 Å². The van der Waals surface area contributed by atoms with Crippen molar-refractivity contribution >= 4 is 18.3 Å². The van der Waals surface area contributed by atoms with Crippen LogP contribution in [0.1, 0.15) is 44.1 Å². The first kappa shape index (κ1) is 19.2. The van der Waals surface area contributed by atoms with Crippen molar-refractivity contribution in [3.63, 3.8) is 0 Å². The number of nitrogens with zero attached hydrogens (tertiary/aromatic N) is 2. The second-order valence-electron chi connectivity index (χ2n) is 7.45. The number of aromatic nitrogens is 2. The van der Waals surface area contributed by atoms with Crippen molar-refractivity contribution in [2.45, 2.75) is 44.6 Å². The van der Waals surface area contributed by atoms with Gasteiger partial charge in [-0.15, -0.1) is 12.4 Å². The Labute approximate surface area is 149 Å². The molecule has 24 heavy (non-hydrogen) atoms. The lowest BCUT2D eigenvalue weighted by Gasteiger charge is -2.38. The van der Waals surface area contributed by atoms with Gasteiger partial charge < -0.3 is 15.7 Å². The van der Waals surface area contributed by atoms with E-state index < -0.39 is 0 Å². The van der Waals surface area contributed by atoms with E-state index in [-0.39, 0.29) is 41.7 Å². The molecule has 2 unspecified atom stereocenters. The summed E-state index contributed by atoms with van der Waals surface area (Å²) in [5.74, 6) is 0.194. The van der Waals surface area contributed by atoms with Crippen LogP contribution in [0, 0.1) is 11.3 Å². The quantitative estimate of drug-likeness (QED) is 0.757. The van der Waals surface area contributed by atoms with Gasteiger partial charge in [0.1, 0.15) is 0 Å². The predicted octanol–water partition coefficient (Wildman–Crippen LogP) is 1.20. The molecule has 7 heteroatoms. The van der Waals surface area contributed by atoms with E-state index in [9.17, 15) is 9.90 Å². The fourth-order valence-electron chi connectivity index (χ4n) is 3.94. The van der Waals surface area contributed by atoms with Crippen LogP contribution in [0.5, 0.6) is 0 Å². The monoisotopic (exact) mass is 356 g/mol. The summed E-state index contributed by atoms with van der Waals surface area (Å²) < 4.78 is 1.78. The second-order valence-corrected chi connectivity index (χ2v) is 7.45. The van der Waals surface area contributed by atoms with Crippen molar-refractivity contribution in [3.05, 3.63) is 18.0 Å². The van der Waals surface area contributed by atoms with Crippen LogP contribution in [0.4, 0.5) is 0 Å². The zero-order valence-electron chi connectivity index (χ0n) is 14.5. The summed E-state index contributed by atoms with van der Waals surface area (Å²) in [6.45, 7) is 4.15. The number of aliphatic hydroxyl groups excluding tert-OH is 1. The highest BCUT2D eigenvalue weighted by Gasteiger charge is 2.38. The van der Waals surface area contributed by atoms with E-state index in [1.54, 1.807) is 4.68 Å². The zero-order valence-corrected chi connectivity index (χ0v) is 15.3. The lowest BCUT2D eigenvalue weighted by molar-refractivity contribution is -0.126. The van der Waals surface area contributed by atoms with E-state index in [1.165, 1.54) is 0 Å². The van der Waals surface area contributed by atoms with Crippen molar-refractivity contribution < 1.29 is 9.90 Å². The van der Waals surface area contributed by atoms with Crippen molar-refractivity contribution in [2.24, 2.45) is 18.4 Å². The number of rotatable bonds is 4. The van der Waals surface area contributed by atoms with Crippen LogP contribution in [0.15, 0.2) is 12.4 Å². The van der Waals surface area contributed by atoms with Crippen molar-refractivity contribution in [1.29, 1.82) is 0 Å². The molecule has 0 radical (unpaired) electrons. The summed E-state index contributed by atoms with van der Waals surface area (Å²) in [6.07, 6.45) is 7.56. The normalized spacial score (nSPS) is 33.0. The molecule has 3 N–H and O–H groups in total. The molecule has 0 spiro atoms. The summed E-state index contributed by atoms with van der Waals surface area (Å²) in [7, 11) is 1.90. The Hall–Kier alpha value is -1.11. The van der Waals surface area contributed by atoms with Crippen LogP contribution in [-0.2, 0) is 11.8 Å². The minimum atomic E-state index is -0.313. The van der Waals surface area contributed by atoms with Crippen LogP contribution in [0.3, 0.4) is 0 Å². The molecule has 1 aromatic rings. The van der Waals surface area contributed by atoms with Crippen LogP contribution >= 0.6 is 12.4 Å². The first-order valence-electron chi connectivity index (χ1n) is 8.65. The molecule has 1 amide bonds. The largest absolute Gasteiger partial charge is 0.392 e. The van der Waals surface area contributed by atoms with E-state index in [0.717, 1.165) is 37.8 Å². The predicted molar refractivity (Wildman–Crippen MR) is 95.1 cm³/mol. The third-order valence-electron chi connectivity index (χ3n) is 5.65. The standard InChI is InChI=1S/C17H28N4O2.ClH/c1-17(6-4-3-5-15(17)22)11-19-16(23)14-9-18-8-13(14)12-7-20-21(2)10-12;/h7,10,13-15,18,22H,3-6,8-9,11H2,1-2H3,(H,19,23);1H/t13-,14+,15?,17?;/m1./s1. The SMILES string of the molecule is Cl.Cn1cc([C@H]2CNC[C@@H]2C(=O)NCC2(C)CCCCC2O)cn1. The van der Waals surface area contributed by atoms with Gasteiger partial charge in [0.25, 0.3) is 0 Å². The minimum absolute atomic E-state index is 0. The van der Waals surface area contributed by atoms with E-state index in [4.69, 9.17) is 0 Å². The molecule has 1 aliphatic carbocycles. The van der Waals surface area contributed by atoms with Crippen molar-refractivity contribution in [1.82, 2.24) is 20.4 Å². The van der Waals surface area contributed by atoms with Gasteiger partial charge in [0.05, 0.1) is 18.2 Å². The van der Waals surface area contributed by atoms with Gasteiger partial charge in [0.15, 0.2) is 0 Å². The third-order valence-corrected chi connectivity index (χ3v) is 5.65. The summed E-state index contributed by atoms with van der Waals surface area (Å²) in [6, 6.07) is 0. The first-order chi connectivity index (χ1) is 11.0. The van der Waals surface area contributed by atoms with Crippen LogP contribution in [0.2, 0.25) is 0 Å². The van der Waals surface area contributed by atoms with E-state index in [0.29, 0.717) is 13.1 Å². The Morgan fingerprint density at radius 2 is 2.29 bits per heavy atom. The lowest BCUT2D eigenvalue weighted by Crippen LogP contribution is -2.47. The summed E-state index contributed by atoms with van der Waals surface area (Å²) in [5.41, 5.74) is 0.922. The number of aliphatic hydroxyl groups is 1. The van der Waals surface area contributed by atoms with E-state index in [2.05, 4.69) is 22.7 Å². The average Bonchev–Trinajstić information content (AvgIpc) is 3.16. The Morgan fingerprint density at radius 3 is 2.96 bits per heavy atom. The van der Waals surface area contributed by atoms with Gasteiger partial charge in [0.2, 0.25) is 5.91 Å². The highest BCUT2D eigenvalue weighted by molar-refractivity contribution is 5.85. The molecule has 1 aliphatic heterocycles. The van der Waals surface area contributed by atoms with Gasteiger partial charge in [-0.3, -0.25) is 9.48 Å². The number of halogens is 1. The molecule has 0 bridgehead atoms. The number of amides is 1. The van der Waals surface area contributed by atoms with Gasteiger partial charge in [-0.2, -0.15) is 5.10 Å². The Kier molecular flexibility index (Phi) is 6.28. The van der Waals surface area contributed by atoms with E-state index >= 15 is 0 Å². The van der Waals surface area contributed by atoms with Crippen molar-refractivity contribution in [3.8, 4) is 0 Å². The van der Waals surface area contributed by atoms with Gasteiger partial charge in [-0.05, 0) is 18.4 Å². The first-order valence-corrected chi connectivity index (χ1v) is 8.65. The molecule has 1 saturated heterocycles. The number of carbonyl (C=O) groups is 1. The smallest absolute Gasteiger partial charge is 0.225 e. The van der Waals surface area contributed by atoms with Crippen molar-refractivity contribution in [2.75, 3.05) is 19.6 Å². The molecule has 1 saturated carbocycles. The number of hydrogen-bond acceptors (Lipinski definition) is 4. The second kappa shape index (κ2) is 7.85. The molecule has 0 aromatic carbocycles. The van der Waals surface area contributed by atoms with Crippen LogP contribution in [-0.4, -0.2) is 46.5 Å². The molecule has 2 aliphatic rings. The highest BCUT2D eigenvalue weighted by atomic mass is 35.5. The summed E-state index contributed by atoms with van der Waals surface area (Å²) in [5, 5.41) is 20.9. The number of nitrogens with one attached hydrogen (secondary N) is 2. The molecule has 2 heterocycles. The highest BCUT2D eigenvalue weighted by Crippen LogP contribution is 2.36. The Balaban J connectivity index is 0.00000208. The van der Waals surface area contributed by atoms with Crippen LogP contribution in [0.25, 0.3) is 0 Å². The maximum atomic E-state index is 12.7. The minimum Gasteiger partial charge on any atom is -0.392 e. The summed E-state index contributed by atoms with van der Waals surface area (Å²) >= 11 is 0. The van der Waals surface area contributed by atoms with Gasteiger partial charge in [-0.1, -0.05) is 19.8 Å². The molecule has 1 aromatic heterocycles. The number of carbonyl (C=O) groups excluding carboxylic acids is 1. The fourth-order valence-corrected chi connectivity index (χ4v) is 3.94. The Morgan fingerprint density at radius 1 is 1.50 bits per heavy atom. The summed E-state index contributed by atoms with van der Waals surface area (Å²) in [4.78, 5) is 12.7. The molecule has 6 nitrogen and oxygen atoms in total. The molecule has 3 rings (SSSR count).